The highest BCUT2D eigenvalue weighted by atomic mass is 16.8. The van der Waals surface area contributed by atoms with Crippen molar-refractivity contribution in [3.8, 4) is 0 Å². The van der Waals surface area contributed by atoms with Gasteiger partial charge in [-0.2, -0.15) is 0 Å². The Morgan fingerprint density at radius 2 is 0.881 bits per heavy atom. The Hall–Kier alpha value is -2.04. The molecule has 42 heavy (non-hydrogen) atoms. The van der Waals surface area contributed by atoms with Gasteiger partial charge in [0.1, 0.15) is 62.4 Å². The van der Waals surface area contributed by atoms with Crippen LogP contribution in [-0.4, -0.2) is 102 Å². The van der Waals surface area contributed by atoms with Gasteiger partial charge in [-0.1, -0.05) is 60.7 Å². The van der Waals surface area contributed by atoms with E-state index < -0.39 is 74.0 Å². The molecule has 7 rings (SSSR count). The third kappa shape index (κ3) is 5.63. The molecule has 12 nitrogen and oxygen atoms in total. The number of benzene rings is 2. The maximum Gasteiger partial charge on any atom is 0.186 e. The highest BCUT2D eigenvalue weighted by molar-refractivity contribution is 5.17. The molecule has 5 fully saturated rings. The molecule has 0 aromatic heterocycles. The Morgan fingerprint density at radius 1 is 0.476 bits per heavy atom. The molecule has 0 saturated carbocycles. The van der Waals surface area contributed by atoms with Gasteiger partial charge < -0.3 is 56.8 Å². The number of rotatable bonds is 4. The average Bonchev–Trinajstić information content (AvgIpc) is 3.06. The predicted molar refractivity (Wildman–Crippen MR) is 141 cm³/mol. The zero-order chi connectivity index (χ0) is 28.5. The van der Waals surface area contributed by atoms with Crippen LogP contribution < -0.4 is 0 Å². The van der Waals surface area contributed by atoms with Crippen molar-refractivity contribution in [3.63, 3.8) is 0 Å². The normalized spacial score (nSPS) is 42.3. The Kier molecular flexibility index (Phi) is 8.82. The fourth-order valence-corrected chi connectivity index (χ4v) is 6.16. The average molecular weight is 589 g/mol. The highest BCUT2D eigenvalue weighted by Gasteiger charge is 2.55. The maximum absolute atomic E-state index is 6.41. The van der Waals surface area contributed by atoms with E-state index in [1.807, 2.05) is 60.7 Å². The van der Waals surface area contributed by atoms with E-state index in [1.54, 1.807) is 14.2 Å². The number of hydrogen-bond acceptors (Lipinski definition) is 12. The Labute approximate surface area is 243 Å². The monoisotopic (exact) mass is 588 g/mol. The second kappa shape index (κ2) is 12.9. The molecule has 12 heteroatoms. The first kappa shape index (κ1) is 28.7. The standard InChI is InChI=1S/C30H36O12/c1-31-29-25-23(21-19(39-29)13-33-27(41-21)17-9-5-3-6-10-17)35-15-36-24-22-20(40-30(32-2)26(24)38-16-37-25)14-34-28(42-22)18-11-7-4-8-12-18/h3-12,19-30H,13-16H2,1-2H3/t19-,20-,21-,22-,23+,24+,25-,26-,27-,28-,29+,30+/m1/s1. The second-order valence-electron chi connectivity index (χ2n) is 10.7. The highest BCUT2D eigenvalue weighted by Crippen LogP contribution is 2.39. The van der Waals surface area contributed by atoms with Crippen molar-refractivity contribution in [3.05, 3.63) is 71.8 Å². The zero-order valence-corrected chi connectivity index (χ0v) is 23.4. The van der Waals surface area contributed by atoms with Gasteiger partial charge in [0.15, 0.2) is 25.2 Å². The third-order valence-corrected chi connectivity index (χ3v) is 8.22. The van der Waals surface area contributed by atoms with E-state index in [-0.39, 0.29) is 13.6 Å². The van der Waals surface area contributed by atoms with Crippen molar-refractivity contribution in [1.82, 2.24) is 0 Å². The van der Waals surface area contributed by atoms with E-state index in [9.17, 15) is 0 Å². The largest absolute Gasteiger partial charge is 0.353 e. The Bertz CT molecular complexity index is 1050. The number of ether oxygens (including phenoxy) is 12. The molecule has 0 aliphatic carbocycles. The summed E-state index contributed by atoms with van der Waals surface area (Å²) in [6.45, 7) is 0.358. The molecule has 0 radical (unpaired) electrons. The summed E-state index contributed by atoms with van der Waals surface area (Å²) in [4.78, 5) is 0. The van der Waals surface area contributed by atoms with Gasteiger partial charge in [0.2, 0.25) is 0 Å². The lowest BCUT2D eigenvalue weighted by molar-refractivity contribution is -0.406. The van der Waals surface area contributed by atoms with Crippen LogP contribution in [0.2, 0.25) is 0 Å². The number of hydrogen-bond donors (Lipinski definition) is 0. The molecule has 0 spiro atoms. The molecular weight excluding hydrogens is 552 g/mol. The summed E-state index contributed by atoms with van der Waals surface area (Å²) in [7, 11) is 3.10. The number of fused-ring (bicyclic) bond motifs is 6. The molecule has 2 aromatic rings. The van der Waals surface area contributed by atoms with E-state index in [0.29, 0.717) is 13.2 Å². The molecule has 2 aromatic carbocycles. The van der Waals surface area contributed by atoms with Crippen LogP contribution in [0.25, 0.3) is 0 Å². The van der Waals surface area contributed by atoms with Crippen LogP contribution in [0.3, 0.4) is 0 Å². The van der Waals surface area contributed by atoms with Crippen LogP contribution in [0, 0.1) is 0 Å². The first-order valence-electron chi connectivity index (χ1n) is 14.2. The summed E-state index contributed by atoms with van der Waals surface area (Å²) in [5, 5.41) is 0. The first-order chi connectivity index (χ1) is 20.7. The van der Waals surface area contributed by atoms with Gasteiger partial charge >= 0.3 is 0 Å². The lowest BCUT2D eigenvalue weighted by Crippen LogP contribution is -2.66. The van der Waals surface area contributed by atoms with Gasteiger partial charge in [-0.25, -0.2) is 0 Å². The SMILES string of the molecule is CO[C@H]1O[C@@H]2CO[C@@H](c3ccccc3)O[C@H]2[C@@H]2OCO[C@@H]3[C@@H](OCO[C@@H]12)[C@@H](OC)O[C@@H]1CO[C@@H](c2ccccc2)O[C@@H]31. The molecule has 5 saturated heterocycles. The molecule has 0 bridgehead atoms. The molecule has 12 atom stereocenters. The van der Waals surface area contributed by atoms with Crippen molar-refractivity contribution in [2.45, 2.75) is 74.0 Å². The van der Waals surface area contributed by atoms with Crippen molar-refractivity contribution in [2.75, 3.05) is 41.0 Å². The first-order valence-corrected chi connectivity index (χ1v) is 14.2. The minimum atomic E-state index is -0.744. The van der Waals surface area contributed by atoms with Gasteiger partial charge in [0.25, 0.3) is 0 Å². The summed E-state index contributed by atoms with van der Waals surface area (Å²) < 4.78 is 73.7. The van der Waals surface area contributed by atoms with Gasteiger partial charge in [0.05, 0.1) is 13.2 Å². The van der Waals surface area contributed by atoms with Crippen LogP contribution in [0.1, 0.15) is 23.7 Å². The van der Waals surface area contributed by atoms with Crippen molar-refractivity contribution < 1.29 is 56.8 Å². The Balaban J connectivity index is 1.11. The van der Waals surface area contributed by atoms with Crippen molar-refractivity contribution in [1.29, 1.82) is 0 Å². The molecule has 5 aliphatic heterocycles. The zero-order valence-electron chi connectivity index (χ0n) is 23.4. The van der Waals surface area contributed by atoms with E-state index in [1.165, 1.54) is 0 Å². The summed E-state index contributed by atoms with van der Waals surface area (Å²) in [6.07, 6.45) is -7.13. The molecule has 5 aliphatic rings. The topological polar surface area (TPSA) is 111 Å². The van der Waals surface area contributed by atoms with Crippen LogP contribution >= 0.6 is 0 Å². The lowest BCUT2D eigenvalue weighted by Gasteiger charge is -2.51. The van der Waals surface area contributed by atoms with Crippen LogP contribution in [0.4, 0.5) is 0 Å². The van der Waals surface area contributed by atoms with E-state index in [4.69, 9.17) is 56.8 Å². The van der Waals surface area contributed by atoms with Gasteiger partial charge in [-0.3, -0.25) is 0 Å². The van der Waals surface area contributed by atoms with Gasteiger partial charge in [-0.15, -0.1) is 0 Å². The van der Waals surface area contributed by atoms with E-state index in [0.717, 1.165) is 11.1 Å². The Morgan fingerprint density at radius 3 is 1.29 bits per heavy atom. The fourth-order valence-electron chi connectivity index (χ4n) is 6.16. The lowest BCUT2D eigenvalue weighted by atomic mass is 9.96. The quantitative estimate of drug-likeness (QED) is 0.523. The third-order valence-electron chi connectivity index (χ3n) is 8.22. The smallest absolute Gasteiger partial charge is 0.186 e. The van der Waals surface area contributed by atoms with Gasteiger partial charge in [0, 0.05) is 25.3 Å². The number of methoxy groups -OCH3 is 2. The fraction of sp³-hybridized carbons (Fsp3) is 0.600. The van der Waals surface area contributed by atoms with Crippen LogP contribution in [0.5, 0.6) is 0 Å². The van der Waals surface area contributed by atoms with Crippen molar-refractivity contribution in [2.24, 2.45) is 0 Å². The summed E-state index contributed by atoms with van der Waals surface area (Å²) in [6, 6.07) is 19.5. The molecule has 0 unspecified atom stereocenters. The molecule has 0 amide bonds. The van der Waals surface area contributed by atoms with E-state index in [2.05, 4.69) is 0 Å². The van der Waals surface area contributed by atoms with Crippen LogP contribution in [0.15, 0.2) is 60.7 Å². The molecule has 228 valence electrons. The van der Waals surface area contributed by atoms with Crippen LogP contribution in [-0.2, 0) is 56.8 Å². The minimum Gasteiger partial charge on any atom is -0.353 e. The minimum absolute atomic E-state index is 0.102. The summed E-state index contributed by atoms with van der Waals surface area (Å²) in [5.41, 5.74) is 1.79. The summed E-state index contributed by atoms with van der Waals surface area (Å²) in [5.74, 6) is 0. The van der Waals surface area contributed by atoms with Crippen molar-refractivity contribution >= 4 is 0 Å². The van der Waals surface area contributed by atoms with Gasteiger partial charge in [-0.05, 0) is 0 Å². The second-order valence-corrected chi connectivity index (χ2v) is 10.7. The molecular formula is C30H36O12. The predicted octanol–water partition coefficient (Wildman–Crippen LogP) is 2.43. The maximum atomic E-state index is 6.41. The summed E-state index contributed by atoms with van der Waals surface area (Å²) >= 11 is 0. The molecule has 5 heterocycles. The van der Waals surface area contributed by atoms with E-state index >= 15 is 0 Å². The molecule has 0 N–H and O–H groups in total.